The van der Waals surface area contributed by atoms with Gasteiger partial charge < -0.3 is 5.73 Å². The fraction of sp³-hybridized carbons (Fsp3) is 0.0833. The van der Waals surface area contributed by atoms with E-state index in [1.807, 2.05) is 4.72 Å². The summed E-state index contributed by atoms with van der Waals surface area (Å²) in [6, 6.07) is 6.08. The molecule has 0 atom stereocenters. The van der Waals surface area contributed by atoms with Crippen molar-refractivity contribution in [2.24, 2.45) is 5.73 Å². The number of para-hydroxylation sites is 1. The molecule has 0 fully saturated rings. The van der Waals surface area contributed by atoms with E-state index in [2.05, 4.69) is 5.10 Å². The summed E-state index contributed by atoms with van der Waals surface area (Å²) < 4.78 is 38.8. The highest BCUT2D eigenvalue weighted by Crippen LogP contribution is 2.14. The number of carbonyl (C=O) groups is 1. The van der Waals surface area contributed by atoms with Gasteiger partial charge in [-0.15, -0.1) is 0 Å². The van der Waals surface area contributed by atoms with Crippen molar-refractivity contribution in [2.75, 3.05) is 11.0 Å². The van der Waals surface area contributed by atoms with Gasteiger partial charge >= 0.3 is 0 Å². The Balaban J connectivity index is 2.70. The summed E-state index contributed by atoms with van der Waals surface area (Å²) in [6.07, 6.45) is 0.833. The second-order valence-electron chi connectivity index (χ2n) is 4.35. The molecule has 0 bridgehead atoms. The number of amides is 1. The fourth-order valence-electron chi connectivity index (χ4n) is 1.71. The Morgan fingerprint density at radius 1 is 1.36 bits per heavy atom. The van der Waals surface area contributed by atoms with Crippen LogP contribution in [0.3, 0.4) is 0 Å². The van der Waals surface area contributed by atoms with Crippen molar-refractivity contribution in [1.29, 1.82) is 0 Å². The smallest absolute Gasteiger partial charge is 0.273 e. The van der Waals surface area contributed by atoms with Crippen LogP contribution >= 0.6 is 0 Å². The molecule has 0 aliphatic rings. The molecule has 0 radical (unpaired) electrons. The molecule has 0 aliphatic carbocycles. The first-order valence-corrected chi connectivity index (χ1v) is 7.75. The van der Waals surface area contributed by atoms with Crippen LogP contribution in [0, 0.1) is 5.82 Å². The van der Waals surface area contributed by atoms with Gasteiger partial charge in [0.05, 0.1) is 11.9 Å². The van der Waals surface area contributed by atoms with Crippen molar-refractivity contribution < 1.29 is 17.6 Å². The molecule has 1 aromatic heterocycles. The molecule has 8 nitrogen and oxygen atoms in total. The van der Waals surface area contributed by atoms with Gasteiger partial charge in [-0.25, -0.2) is 12.8 Å². The summed E-state index contributed by atoms with van der Waals surface area (Å²) in [5, 5.41) is 3.65. The molecule has 0 unspecified atom stereocenters. The lowest BCUT2D eigenvalue weighted by molar-refractivity contribution is 0.0995. The molecule has 0 saturated carbocycles. The SMILES string of the molecule is CS(=O)(=O)Nc1cc(=O)n(-c2ccccc2F)nc1C(N)=O. The standard InChI is InChI=1S/C12H11FN4O4S/c1-22(20,21)16-8-6-10(18)17(15-11(8)12(14)19)9-5-3-2-4-7(9)13/h2-6,16H,1H3,(H2,14,19). The third-order valence-corrected chi connectivity index (χ3v) is 3.13. The first kappa shape index (κ1) is 15.6. The minimum atomic E-state index is -3.76. The largest absolute Gasteiger partial charge is 0.364 e. The molecule has 1 heterocycles. The number of hydrogen-bond acceptors (Lipinski definition) is 5. The monoisotopic (exact) mass is 326 g/mol. The molecule has 1 aromatic carbocycles. The lowest BCUT2D eigenvalue weighted by Gasteiger charge is -2.11. The van der Waals surface area contributed by atoms with Gasteiger partial charge in [0.25, 0.3) is 11.5 Å². The Morgan fingerprint density at radius 3 is 2.55 bits per heavy atom. The van der Waals surface area contributed by atoms with Crippen LogP contribution in [-0.2, 0) is 10.0 Å². The fourth-order valence-corrected chi connectivity index (χ4v) is 2.27. The van der Waals surface area contributed by atoms with E-state index in [9.17, 15) is 22.4 Å². The van der Waals surface area contributed by atoms with Crippen molar-refractivity contribution in [1.82, 2.24) is 9.78 Å². The highest BCUT2D eigenvalue weighted by Gasteiger charge is 2.18. The van der Waals surface area contributed by atoms with E-state index in [4.69, 9.17) is 5.73 Å². The van der Waals surface area contributed by atoms with Gasteiger partial charge in [-0.2, -0.15) is 9.78 Å². The third kappa shape index (κ3) is 3.28. The average Bonchev–Trinajstić information content (AvgIpc) is 2.38. The van der Waals surface area contributed by atoms with Crippen molar-refractivity contribution in [3.8, 4) is 5.69 Å². The van der Waals surface area contributed by atoms with Gasteiger partial charge in [-0.05, 0) is 12.1 Å². The number of hydrogen-bond donors (Lipinski definition) is 2. The maximum Gasteiger partial charge on any atom is 0.273 e. The third-order valence-electron chi connectivity index (χ3n) is 2.54. The number of sulfonamides is 1. The summed E-state index contributed by atoms with van der Waals surface area (Å²) in [5.74, 6) is -1.81. The molecule has 3 N–H and O–H groups in total. The maximum atomic E-state index is 13.7. The summed E-state index contributed by atoms with van der Waals surface area (Å²) in [5.41, 5.74) is 3.22. The normalized spacial score (nSPS) is 11.2. The topological polar surface area (TPSA) is 124 Å². The lowest BCUT2D eigenvalue weighted by Crippen LogP contribution is -2.28. The van der Waals surface area contributed by atoms with Crippen LogP contribution in [0.5, 0.6) is 0 Å². The summed E-state index contributed by atoms with van der Waals surface area (Å²) in [6.45, 7) is 0. The van der Waals surface area contributed by atoms with Crippen molar-refractivity contribution in [3.05, 3.63) is 52.2 Å². The molecule has 1 amide bonds. The van der Waals surface area contributed by atoms with Crippen LogP contribution in [-0.4, -0.2) is 30.4 Å². The first-order valence-electron chi connectivity index (χ1n) is 5.86. The van der Waals surface area contributed by atoms with Gasteiger partial charge in [-0.3, -0.25) is 14.3 Å². The minimum absolute atomic E-state index is 0.194. The molecule has 0 saturated heterocycles. The number of nitrogens with two attached hydrogens (primary N) is 1. The second kappa shape index (κ2) is 5.56. The Hall–Kier alpha value is -2.75. The lowest BCUT2D eigenvalue weighted by atomic mass is 10.3. The summed E-state index contributed by atoms with van der Waals surface area (Å²) in [4.78, 5) is 23.4. The number of carbonyl (C=O) groups excluding carboxylic acids is 1. The van der Waals surface area contributed by atoms with Crippen LogP contribution in [0.1, 0.15) is 10.5 Å². The zero-order valence-electron chi connectivity index (χ0n) is 11.3. The van der Waals surface area contributed by atoms with E-state index in [1.165, 1.54) is 18.2 Å². The van der Waals surface area contributed by atoms with Crippen molar-refractivity contribution in [2.45, 2.75) is 0 Å². The van der Waals surface area contributed by atoms with E-state index in [1.54, 1.807) is 0 Å². The van der Waals surface area contributed by atoms with E-state index in [-0.39, 0.29) is 11.4 Å². The summed E-state index contributed by atoms with van der Waals surface area (Å²) in [7, 11) is -3.76. The van der Waals surface area contributed by atoms with Gasteiger partial charge in [0.2, 0.25) is 10.0 Å². The second-order valence-corrected chi connectivity index (χ2v) is 6.10. The van der Waals surface area contributed by atoms with Gasteiger partial charge in [-0.1, -0.05) is 12.1 Å². The Labute approximate surface area is 124 Å². The van der Waals surface area contributed by atoms with Crippen LogP contribution in [0.15, 0.2) is 35.1 Å². The van der Waals surface area contributed by atoms with E-state index >= 15 is 0 Å². The number of rotatable bonds is 4. The highest BCUT2D eigenvalue weighted by molar-refractivity contribution is 7.92. The van der Waals surface area contributed by atoms with Crippen molar-refractivity contribution >= 4 is 21.6 Å². The van der Waals surface area contributed by atoms with Gasteiger partial charge in [0.15, 0.2) is 5.69 Å². The molecular weight excluding hydrogens is 315 g/mol. The van der Waals surface area contributed by atoms with Crippen LogP contribution < -0.4 is 16.0 Å². The van der Waals surface area contributed by atoms with Crippen LogP contribution in [0.4, 0.5) is 10.1 Å². The quantitative estimate of drug-likeness (QED) is 0.808. The molecule has 116 valence electrons. The maximum absolute atomic E-state index is 13.7. The molecule has 2 aromatic rings. The minimum Gasteiger partial charge on any atom is -0.364 e. The molecule has 0 aliphatic heterocycles. The number of nitrogens with zero attached hydrogens (tertiary/aromatic N) is 2. The zero-order chi connectivity index (χ0) is 16.5. The number of primary amides is 1. The van der Waals surface area contributed by atoms with Gasteiger partial charge in [0.1, 0.15) is 11.5 Å². The van der Waals surface area contributed by atoms with Crippen molar-refractivity contribution in [3.63, 3.8) is 0 Å². The molecule has 10 heteroatoms. The average molecular weight is 326 g/mol. The predicted octanol–water partition coefficient (Wildman–Crippen LogP) is -0.158. The van der Waals surface area contributed by atoms with Gasteiger partial charge in [0, 0.05) is 6.07 Å². The van der Waals surface area contributed by atoms with E-state index < -0.39 is 33.0 Å². The zero-order valence-corrected chi connectivity index (χ0v) is 12.1. The Bertz CT molecular complexity index is 908. The molecule has 0 spiro atoms. The summed E-state index contributed by atoms with van der Waals surface area (Å²) >= 11 is 0. The molecular formula is C12H11FN4O4S. The number of benzene rings is 1. The number of aromatic nitrogens is 2. The van der Waals surface area contributed by atoms with Crippen LogP contribution in [0.2, 0.25) is 0 Å². The Morgan fingerprint density at radius 2 is 2.00 bits per heavy atom. The number of halogens is 1. The van der Waals surface area contributed by atoms with E-state index in [0.717, 1.165) is 18.4 Å². The van der Waals surface area contributed by atoms with Crippen LogP contribution in [0.25, 0.3) is 5.69 Å². The van der Waals surface area contributed by atoms with E-state index in [0.29, 0.717) is 4.68 Å². The number of nitrogens with one attached hydrogen (secondary N) is 1. The molecule has 2 rings (SSSR count). The first-order chi connectivity index (χ1) is 10.2. The predicted molar refractivity (Wildman–Crippen MR) is 76.8 cm³/mol. The highest BCUT2D eigenvalue weighted by atomic mass is 32.2. The number of anilines is 1. The molecule has 22 heavy (non-hydrogen) atoms. The Kier molecular flexibility index (Phi) is 3.95.